The van der Waals surface area contributed by atoms with Crippen LogP contribution in [0.5, 0.6) is 0 Å². The van der Waals surface area contributed by atoms with Gasteiger partial charge in [-0.15, -0.1) is 0 Å². The third-order valence-corrected chi connectivity index (χ3v) is 3.37. The van der Waals surface area contributed by atoms with Crippen LogP contribution < -0.4 is 4.72 Å². The molecule has 9 heteroatoms. The fourth-order valence-electron chi connectivity index (χ4n) is 1.61. The summed E-state index contributed by atoms with van der Waals surface area (Å²) in [6.07, 6.45) is 4.14. The van der Waals surface area contributed by atoms with Crippen LogP contribution in [0.25, 0.3) is 0 Å². The number of ether oxygens (including phenoxy) is 2. The molecule has 0 spiro atoms. The zero-order valence-electron chi connectivity index (χ0n) is 14.1. The van der Waals surface area contributed by atoms with Crippen molar-refractivity contribution < 1.29 is 32.3 Å². The number of carbonyl (C=O) groups excluding carboxylic acids is 3. The number of sulfonamides is 1. The molecule has 0 radical (unpaired) electrons. The van der Waals surface area contributed by atoms with Crippen LogP contribution in [-0.4, -0.2) is 45.7 Å². The molecule has 0 rings (SSSR count). The first-order valence-corrected chi connectivity index (χ1v) is 9.56. The molecule has 1 amide bonds. The number of nitrogens with one attached hydrogen (secondary N) is 1. The minimum Gasteiger partial charge on any atom is -0.465 e. The Labute approximate surface area is 142 Å². The van der Waals surface area contributed by atoms with E-state index in [4.69, 9.17) is 9.47 Å². The Morgan fingerprint density at radius 1 is 1.04 bits per heavy atom. The van der Waals surface area contributed by atoms with Crippen molar-refractivity contribution in [2.45, 2.75) is 45.4 Å². The third-order valence-electron chi connectivity index (χ3n) is 2.77. The van der Waals surface area contributed by atoms with Gasteiger partial charge in [-0.1, -0.05) is 32.8 Å². The number of rotatable bonds is 12. The van der Waals surface area contributed by atoms with E-state index in [0.717, 1.165) is 31.9 Å². The third kappa shape index (κ3) is 12.6. The molecule has 138 valence electrons. The Morgan fingerprint density at radius 2 is 1.71 bits per heavy atom. The van der Waals surface area contributed by atoms with Gasteiger partial charge in [-0.05, 0) is 6.42 Å². The van der Waals surface area contributed by atoms with Crippen molar-refractivity contribution in [2.24, 2.45) is 0 Å². The van der Waals surface area contributed by atoms with Gasteiger partial charge in [-0.25, -0.2) is 13.2 Å². The van der Waals surface area contributed by atoms with Crippen LogP contribution in [0, 0.1) is 0 Å². The van der Waals surface area contributed by atoms with Gasteiger partial charge in [0.1, 0.15) is 6.61 Å². The van der Waals surface area contributed by atoms with E-state index in [1.165, 1.54) is 0 Å². The molecule has 0 fully saturated rings. The van der Waals surface area contributed by atoms with Gasteiger partial charge >= 0.3 is 11.9 Å². The summed E-state index contributed by atoms with van der Waals surface area (Å²) in [6.45, 7) is 5.50. The van der Waals surface area contributed by atoms with E-state index in [1.54, 1.807) is 4.72 Å². The summed E-state index contributed by atoms with van der Waals surface area (Å²) in [4.78, 5) is 34.3. The minimum absolute atomic E-state index is 0.0860. The Balaban J connectivity index is 3.92. The van der Waals surface area contributed by atoms with Gasteiger partial charge in [0.25, 0.3) is 0 Å². The second-order valence-corrected chi connectivity index (χ2v) is 6.99. The van der Waals surface area contributed by atoms with Gasteiger partial charge in [-0.2, -0.15) is 0 Å². The molecule has 0 aromatic carbocycles. The minimum atomic E-state index is -3.64. The average Bonchev–Trinajstić information content (AvgIpc) is 2.44. The average molecular weight is 363 g/mol. The topological polar surface area (TPSA) is 116 Å². The van der Waals surface area contributed by atoms with E-state index in [0.29, 0.717) is 6.61 Å². The molecule has 0 saturated heterocycles. The molecular weight excluding hydrogens is 338 g/mol. The van der Waals surface area contributed by atoms with Crippen molar-refractivity contribution in [1.82, 2.24) is 4.72 Å². The van der Waals surface area contributed by atoms with Crippen LogP contribution in [0.4, 0.5) is 0 Å². The standard InChI is InChI=1S/C15H25NO7S/c1-4-5-6-7-9-22-14(18)11-12(2)15(19)23-10-8-13(17)16-24(3,20)21/h2,4-11H2,1,3H3,(H,16,17). The monoisotopic (exact) mass is 363 g/mol. The van der Waals surface area contributed by atoms with E-state index >= 15 is 0 Å². The molecule has 0 aromatic heterocycles. The van der Waals surface area contributed by atoms with E-state index < -0.39 is 27.9 Å². The summed E-state index contributed by atoms with van der Waals surface area (Å²) in [7, 11) is -3.64. The molecular formula is C15H25NO7S. The maximum Gasteiger partial charge on any atom is 0.334 e. The normalized spacial score (nSPS) is 10.8. The fourth-order valence-corrected chi connectivity index (χ4v) is 2.12. The highest BCUT2D eigenvalue weighted by molar-refractivity contribution is 7.89. The van der Waals surface area contributed by atoms with Crippen molar-refractivity contribution in [2.75, 3.05) is 19.5 Å². The molecule has 0 heterocycles. The molecule has 0 bridgehead atoms. The van der Waals surface area contributed by atoms with Crippen LogP contribution in [-0.2, 0) is 33.9 Å². The number of hydrogen-bond donors (Lipinski definition) is 1. The molecule has 0 unspecified atom stereocenters. The summed E-state index contributed by atoms with van der Waals surface area (Å²) in [5, 5.41) is 0. The Kier molecular flexibility index (Phi) is 10.7. The zero-order chi connectivity index (χ0) is 18.6. The van der Waals surface area contributed by atoms with Crippen LogP contribution in [0.3, 0.4) is 0 Å². The van der Waals surface area contributed by atoms with E-state index in [-0.39, 0.29) is 25.0 Å². The lowest BCUT2D eigenvalue weighted by molar-refractivity contribution is -0.146. The van der Waals surface area contributed by atoms with E-state index in [9.17, 15) is 22.8 Å². The second kappa shape index (κ2) is 11.6. The van der Waals surface area contributed by atoms with Gasteiger partial charge in [0.15, 0.2) is 0 Å². The summed E-state index contributed by atoms with van der Waals surface area (Å²) < 4.78 is 33.1. The van der Waals surface area contributed by atoms with Crippen LogP contribution >= 0.6 is 0 Å². The summed E-state index contributed by atoms with van der Waals surface area (Å²) in [5.41, 5.74) is -0.0860. The van der Waals surface area contributed by atoms with Gasteiger partial charge in [-0.3, -0.25) is 14.3 Å². The molecule has 0 aliphatic heterocycles. The Hall–Kier alpha value is -1.90. The number of hydrogen-bond acceptors (Lipinski definition) is 7. The molecule has 0 aromatic rings. The second-order valence-electron chi connectivity index (χ2n) is 5.24. The molecule has 0 aliphatic rings. The highest BCUT2D eigenvalue weighted by Gasteiger charge is 2.15. The van der Waals surface area contributed by atoms with Crippen LogP contribution in [0.15, 0.2) is 12.2 Å². The van der Waals surface area contributed by atoms with Crippen LogP contribution in [0.2, 0.25) is 0 Å². The quantitative estimate of drug-likeness (QED) is 0.313. The zero-order valence-corrected chi connectivity index (χ0v) is 14.9. The van der Waals surface area contributed by atoms with Crippen molar-refractivity contribution in [3.05, 3.63) is 12.2 Å². The lowest BCUT2D eigenvalue weighted by atomic mass is 10.2. The molecule has 0 atom stereocenters. The first kappa shape index (κ1) is 22.1. The molecule has 0 aliphatic carbocycles. The highest BCUT2D eigenvalue weighted by Crippen LogP contribution is 2.05. The number of carbonyl (C=O) groups is 3. The maximum absolute atomic E-state index is 11.6. The summed E-state index contributed by atoms with van der Waals surface area (Å²) in [6, 6.07) is 0. The lowest BCUT2D eigenvalue weighted by Crippen LogP contribution is -2.30. The smallest absolute Gasteiger partial charge is 0.334 e. The molecule has 0 saturated carbocycles. The first-order chi connectivity index (χ1) is 11.2. The number of amides is 1. The van der Waals surface area contributed by atoms with Gasteiger partial charge in [0, 0.05) is 5.57 Å². The molecule has 24 heavy (non-hydrogen) atoms. The van der Waals surface area contributed by atoms with E-state index in [1.807, 2.05) is 0 Å². The summed E-state index contributed by atoms with van der Waals surface area (Å²) >= 11 is 0. The predicted octanol–water partition coefficient (Wildman–Crippen LogP) is 1.07. The van der Waals surface area contributed by atoms with Crippen LogP contribution in [0.1, 0.15) is 45.4 Å². The van der Waals surface area contributed by atoms with Crippen molar-refractivity contribution in [3.63, 3.8) is 0 Å². The van der Waals surface area contributed by atoms with Crippen molar-refractivity contribution >= 4 is 27.9 Å². The predicted molar refractivity (Wildman–Crippen MR) is 87.4 cm³/mol. The Morgan fingerprint density at radius 3 is 2.29 bits per heavy atom. The molecule has 8 nitrogen and oxygen atoms in total. The maximum atomic E-state index is 11.6. The van der Waals surface area contributed by atoms with E-state index in [2.05, 4.69) is 13.5 Å². The summed E-state index contributed by atoms with van der Waals surface area (Å²) in [5.74, 6) is -2.18. The van der Waals surface area contributed by atoms with Gasteiger partial charge < -0.3 is 9.47 Å². The molecule has 1 N–H and O–H groups in total. The number of esters is 2. The first-order valence-electron chi connectivity index (χ1n) is 7.66. The van der Waals surface area contributed by atoms with Gasteiger partial charge in [0.05, 0.1) is 25.7 Å². The Bertz CT molecular complexity index is 554. The van der Waals surface area contributed by atoms with Crippen molar-refractivity contribution in [3.8, 4) is 0 Å². The van der Waals surface area contributed by atoms with Crippen molar-refractivity contribution in [1.29, 1.82) is 0 Å². The van der Waals surface area contributed by atoms with Gasteiger partial charge in [0.2, 0.25) is 15.9 Å². The highest BCUT2D eigenvalue weighted by atomic mass is 32.2. The number of unbranched alkanes of at least 4 members (excludes halogenated alkanes) is 3. The lowest BCUT2D eigenvalue weighted by Gasteiger charge is -2.08. The SMILES string of the molecule is C=C(CC(=O)OCCCCCC)C(=O)OCCC(=O)NS(C)(=O)=O. The fraction of sp³-hybridized carbons (Fsp3) is 0.667. The largest absolute Gasteiger partial charge is 0.465 e.